The maximum Gasteiger partial charge on any atom is 0.222 e. The van der Waals surface area contributed by atoms with Gasteiger partial charge in [-0.25, -0.2) is 4.98 Å². The average molecular weight is 321 g/mol. The molecule has 0 aromatic carbocycles. The van der Waals surface area contributed by atoms with Gasteiger partial charge in [-0.15, -0.1) is 0 Å². The summed E-state index contributed by atoms with van der Waals surface area (Å²) in [5.41, 5.74) is 0.0425. The Bertz CT molecular complexity index is 493. The molecule has 7 heteroatoms. The largest absolute Gasteiger partial charge is 0.379 e. The number of aromatic nitrogens is 3. The summed E-state index contributed by atoms with van der Waals surface area (Å²) < 4.78 is 7.22. The number of morpholine rings is 1. The SMILES string of the molecule is C[C@H](Cn1cncn1)NC(=O)CC1(N2CCOCC2)CCCC1. The maximum atomic E-state index is 12.6. The molecule has 23 heavy (non-hydrogen) atoms. The van der Waals surface area contributed by atoms with Crippen LogP contribution < -0.4 is 5.32 Å². The van der Waals surface area contributed by atoms with Crippen LogP contribution in [-0.2, 0) is 16.1 Å². The minimum atomic E-state index is 0.0425. The van der Waals surface area contributed by atoms with Crippen LogP contribution in [0.2, 0.25) is 0 Å². The molecular formula is C16H27N5O2. The summed E-state index contributed by atoms with van der Waals surface area (Å²) >= 11 is 0. The van der Waals surface area contributed by atoms with E-state index in [0.29, 0.717) is 13.0 Å². The first-order valence-corrected chi connectivity index (χ1v) is 8.63. The van der Waals surface area contributed by atoms with Gasteiger partial charge < -0.3 is 10.1 Å². The highest BCUT2D eigenvalue weighted by Gasteiger charge is 2.41. The molecule has 2 aliphatic rings. The molecule has 1 amide bonds. The first-order valence-electron chi connectivity index (χ1n) is 8.63. The molecule has 0 radical (unpaired) electrons. The second-order valence-corrected chi connectivity index (χ2v) is 6.79. The third-order valence-electron chi connectivity index (χ3n) is 5.04. The van der Waals surface area contributed by atoms with Gasteiger partial charge in [0.2, 0.25) is 5.91 Å². The van der Waals surface area contributed by atoms with Crippen LogP contribution in [0.4, 0.5) is 0 Å². The molecule has 128 valence electrons. The van der Waals surface area contributed by atoms with Crippen molar-refractivity contribution in [2.45, 2.75) is 57.2 Å². The molecule has 1 saturated heterocycles. The van der Waals surface area contributed by atoms with Crippen molar-refractivity contribution in [3.63, 3.8) is 0 Å². The average Bonchev–Trinajstić information content (AvgIpc) is 3.20. The molecular weight excluding hydrogens is 294 g/mol. The van der Waals surface area contributed by atoms with Gasteiger partial charge in [-0.1, -0.05) is 12.8 Å². The van der Waals surface area contributed by atoms with Crippen LogP contribution in [0.5, 0.6) is 0 Å². The second-order valence-electron chi connectivity index (χ2n) is 6.79. The molecule has 3 rings (SSSR count). The predicted octanol–water partition coefficient (Wildman–Crippen LogP) is 0.818. The van der Waals surface area contributed by atoms with E-state index in [1.165, 1.54) is 19.2 Å². The lowest BCUT2D eigenvalue weighted by Crippen LogP contribution is -2.54. The summed E-state index contributed by atoms with van der Waals surface area (Å²) in [6, 6.07) is 0.0485. The Morgan fingerprint density at radius 3 is 2.74 bits per heavy atom. The number of amides is 1. The minimum absolute atomic E-state index is 0.0425. The monoisotopic (exact) mass is 321 g/mol. The molecule has 0 unspecified atom stereocenters. The molecule has 1 N–H and O–H groups in total. The lowest BCUT2D eigenvalue weighted by molar-refractivity contribution is -0.126. The van der Waals surface area contributed by atoms with Gasteiger partial charge in [-0.3, -0.25) is 14.4 Å². The highest BCUT2D eigenvalue weighted by molar-refractivity contribution is 5.77. The van der Waals surface area contributed by atoms with Crippen LogP contribution in [0, 0.1) is 0 Å². The Morgan fingerprint density at radius 1 is 1.35 bits per heavy atom. The fourth-order valence-corrected chi connectivity index (χ4v) is 3.95. The molecule has 1 aromatic heterocycles. The summed E-state index contributed by atoms with van der Waals surface area (Å²) in [6.45, 7) is 6.12. The number of carbonyl (C=O) groups is 1. The van der Waals surface area contributed by atoms with Crippen LogP contribution >= 0.6 is 0 Å². The molecule has 1 aromatic rings. The van der Waals surface area contributed by atoms with Crippen molar-refractivity contribution in [2.24, 2.45) is 0 Å². The summed E-state index contributed by atoms with van der Waals surface area (Å²) in [7, 11) is 0. The third-order valence-corrected chi connectivity index (χ3v) is 5.04. The van der Waals surface area contributed by atoms with E-state index in [9.17, 15) is 4.79 Å². The zero-order chi connectivity index (χ0) is 16.1. The third kappa shape index (κ3) is 4.09. The zero-order valence-corrected chi connectivity index (χ0v) is 13.9. The molecule has 0 spiro atoms. The van der Waals surface area contributed by atoms with Gasteiger partial charge in [0.25, 0.3) is 0 Å². The van der Waals surface area contributed by atoms with E-state index in [2.05, 4.69) is 20.3 Å². The van der Waals surface area contributed by atoms with Crippen molar-refractivity contribution < 1.29 is 9.53 Å². The second kappa shape index (κ2) is 7.40. The van der Waals surface area contributed by atoms with Crippen molar-refractivity contribution in [3.8, 4) is 0 Å². The lowest BCUT2D eigenvalue weighted by atomic mass is 9.90. The van der Waals surface area contributed by atoms with Crippen molar-refractivity contribution in [1.82, 2.24) is 25.0 Å². The summed E-state index contributed by atoms with van der Waals surface area (Å²) in [5.74, 6) is 0.144. The topological polar surface area (TPSA) is 72.3 Å². The van der Waals surface area contributed by atoms with Crippen LogP contribution in [-0.4, -0.2) is 63.5 Å². The molecule has 7 nitrogen and oxygen atoms in total. The van der Waals surface area contributed by atoms with E-state index < -0.39 is 0 Å². The summed E-state index contributed by atoms with van der Waals surface area (Å²) in [4.78, 5) is 19.0. The van der Waals surface area contributed by atoms with Gasteiger partial charge in [-0.2, -0.15) is 5.10 Å². The van der Waals surface area contributed by atoms with Crippen molar-refractivity contribution in [2.75, 3.05) is 26.3 Å². The van der Waals surface area contributed by atoms with E-state index in [0.717, 1.165) is 39.1 Å². The van der Waals surface area contributed by atoms with E-state index >= 15 is 0 Å². The van der Waals surface area contributed by atoms with E-state index in [-0.39, 0.29) is 17.5 Å². The van der Waals surface area contributed by atoms with Gasteiger partial charge in [0, 0.05) is 31.1 Å². The van der Waals surface area contributed by atoms with Crippen LogP contribution in [0.3, 0.4) is 0 Å². The highest BCUT2D eigenvalue weighted by Crippen LogP contribution is 2.38. The number of rotatable bonds is 6. The fraction of sp³-hybridized carbons (Fsp3) is 0.812. The van der Waals surface area contributed by atoms with Gasteiger partial charge in [-0.05, 0) is 19.8 Å². The fourth-order valence-electron chi connectivity index (χ4n) is 3.95. The number of hydrogen-bond acceptors (Lipinski definition) is 5. The zero-order valence-electron chi connectivity index (χ0n) is 13.9. The van der Waals surface area contributed by atoms with Gasteiger partial charge in [0.1, 0.15) is 12.7 Å². The maximum absolute atomic E-state index is 12.6. The Hall–Kier alpha value is -1.47. The molecule has 2 heterocycles. The molecule has 2 fully saturated rings. The first kappa shape index (κ1) is 16.4. The van der Waals surface area contributed by atoms with Crippen molar-refractivity contribution >= 4 is 5.91 Å². The summed E-state index contributed by atoms with van der Waals surface area (Å²) in [5, 5.41) is 7.21. The van der Waals surface area contributed by atoms with Crippen LogP contribution in [0.1, 0.15) is 39.0 Å². The van der Waals surface area contributed by atoms with Gasteiger partial charge >= 0.3 is 0 Å². The van der Waals surface area contributed by atoms with E-state index in [1.807, 2.05) is 6.92 Å². The minimum Gasteiger partial charge on any atom is -0.379 e. The number of nitrogens with zero attached hydrogens (tertiary/aromatic N) is 4. The quantitative estimate of drug-likeness (QED) is 0.840. The molecule has 1 aliphatic carbocycles. The lowest BCUT2D eigenvalue weighted by Gasteiger charge is -2.43. The Morgan fingerprint density at radius 2 is 2.09 bits per heavy atom. The number of carbonyl (C=O) groups excluding carboxylic acids is 1. The first-order chi connectivity index (χ1) is 11.2. The predicted molar refractivity (Wildman–Crippen MR) is 85.8 cm³/mol. The number of ether oxygens (including phenoxy) is 1. The van der Waals surface area contributed by atoms with Crippen molar-refractivity contribution in [1.29, 1.82) is 0 Å². The van der Waals surface area contributed by atoms with Gasteiger partial charge in [0.05, 0.1) is 19.8 Å². The normalized spacial score (nSPS) is 22.8. The van der Waals surface area contributed by atoms with E-state index in [1.54, 1.807) is 11.0 Å². The van der Waals surface area contributed by atoms with Crippen LogP contribution in [0.25, 0.3) is 0 Å². The smallest absolute Gasteiger partial charge is 0.222 e. The molecule has 0 bridgehead atoms. The molecule has 1 atom stereocenters. The van der Waals surface area contributed by atoms with Crippen molar-refractivity contribution in [3.05, 3.63) is 12.7 Å². The van der Waals surface area contributed by atoms with E-state index in [4.69, 9.17) is 4.74 Å². The summed E-state index contributed by atoms with van der Waals surface area (Å²) in [6.07, 6.45) is 8.47. The van der Waals surface area contributed by atoms with Crippen LogP contribution in [0.15, 0.2) is 12.7 Å². The Labute approximate surface area is 137 Å². The number of hydrogen-bond donors (Lipinski definition) is 1. The molecule has 1 aliphatic heterocycles. The Balaban J connectivity index is 1.55. The highest BCUT2D eigenvalue weighted by atomic mass is 16.5. The number of nitrogens with one attached hydrogen (secondary N) is 1. The standard InChI is InChI=1S/C16H27N5O2/c1-14(11-21-13-17-12-18-21)19-15(22)10-16(4-2-3-5-16)20-6-8-23-9-7-20/h12-14H,2-11H2,1H3,(H,19,22)/t14-/m1/s1. The molecule has 1 saturated carbocycles. The van der Waals surface area contributed by atoms with Gasteiger partial charge in [0.15, 0.2) is 0 Å². The Kier molecular flexibility index (Phi) is 5.27.